The standard InChI is InChI=1S/C13H12ClNO3S/c14-7-10(16)8-15-12(17)11(19-13(15)18)6-9-4-2-1-3-5-9/h1-6,10,16H,7-8H2/b11-6+/t10-/m0/s1. The molecule has 1 atom stereocenters. The highest BCUT2D eigenvalue weighted by Crippen LogP contribution is 2.32. The van der Waals surface area contributed by atoms with Gasteiger partial charge in [0.2, 0.25) is 0 Å². The van der Waals surface area contributed by atoms with Crippen LogP contribution in [-0.2, 0) is 4.79 Å². The SMILES string of the molecule is O=C1S/C(=C/c2ccccc2)C(=O)N1C[C@@H](O)CCl. The van der Waals surface area contributed by atoms with Crippen molar-refractivity contribution >= 4 is 40.6 Å². The maximum atomic E-state index is 12.0. The van der Waals surface area contributed by atoms with Crippen molar-refractivity contribution in [3.63, 3.8) is 0 Å². The van der Waals surface area contributed by atoms with Gasteiger partial charge in [-0.15, -0.1) is 11.6 Å². The molecule has 100 valence electrons. The van der Waals surface area contributed by atoms with E-state index in [2.05, 4.69) is 0 Å². The van der Waals surface area contributed by atoms with E-state index < -0.39 is 6.10 Å². The zero-order valence-corrected chi connectivity index (χ0v) is 11.5. The quantitative estimate of drug-likeness (QED) is 0.684. The molecule has 1 saturated heterocycles. The van der Waals surface area contributed by atoms with Crippen LogP contribution in [0.4, 0.5) is 4.79 Å². The van der Waals surface area contributed by atoms with Crippen molar-refractivity contribution in [2.24, 2.45) is 0 Å². The van der Waals surface area contributed by atoms with E-state index in [-0.39, 0.29) is 23.6 Å². The van der Waals surface area contributed by atoms with E-state index in [1.165, 1.54) is 0 Å². The summed E-state index contributed by atoms with van der Waals surface area (Å²) in [6, 6.07) is 9.28. The minimum Gasteiger partial charge on any atom is -0.390 e. The van der Waals surface area contributed by atoms with Crippen LogP contribution in [0, 0.1) is 0 Å². The first-order valence-corrected chi connectivity index (χ1v) is 7.01. The number of halogens is 1. The molecule has 0 aromatic heterocycles. The third-order valence-corrected chi connectivity index (χ3v) is 3.81. The Morgan fingerprint density at radius 2 is 2.00 bits per heavy atom. The average molecular weight is 298 g/mol. The molecule has 0 unspecified atom stereocenters. The number of carbonyl (C=O) groups excluding carboxylic acids is 2. The minimum atomic E-state index is -0.897. The number of β-amino-alcohol motifs (C(OH)–C–C–N with tert-alkyl or cyclic N) is 1. The summed E-state index contributed by atoms with van der Waals surface area (Å²) in [7, 11) is 0. The fraction of sp³-hybridized carbons (Fsp3) is 0.231. The van der Waals surface area contributed by atoms with Crippen molar-refractivity contribution in [2.75, 3.05) is 12.4 Å². The minimum absolute atomic E-state index is 0.0144. The number of thioether (sulfide) groups is 1. The Morgan fingerprint density at radius 1 is 1.32 bits per heavy atom. The van der Waals surface area contributed by atoms with E-state index in [9.17, 15) is 14.7 Å². The summed E-state index contributed by atoms with van der Waals surface area (Å²) in [6.45, 7) is -0.0692. The van der Waals surface area contributed by atoms with Gasteiger partial charge in [-0.1, -0.05) is 30.3 Å². The van der Waals surface area contributed by atoms with Gasteiger partial charge in [0.1, 0.15) is 0 Å². The van der Waals surface area contributed by atoms with E-state index in [0.717, 1.165) is 22.2 Å². The molecule has 4 nitrogen and oxygen atoms in total. The Kier molecular flexibility index (Phi) is 4.63. The average Bonchev–Trinajstić information content (AvgIpc) is 2.67. The van der Waals surface area contributed by atoms with Gasteiger partial charge in [0.15, 0.2) is 0 Å². The number of hydrogen-bond donors (Lipinski definition) is 1. The molecule has 0 spiro atoms. The van der Waals surface area contributed by atoms with Gasteiger partial charge in [-0.05, 0) is 23.4 Å². The van der Waals surface area contributed by atoms with Gasteiger partial charge in [-0.25, -0.2) is 0 Å². The molecule has 0 aliphatic carbocycles. The molecular formula is C13H12ClNO3S. The fourth-order valence-corrected chi connectivity index (χ4v) is 2.56. The molecule has 0 saturated carbocycles. The fourth-order valence-electron chi connectivity index (χ4n) is 1.62. The lowest BCUT2D eigenvalue weighted by Gasteiger charge is -2.15. The predicted molar refractivity (Wildman–Crippen MR) is 75.8 cm³/mol. The van der Waals surface area contributed by atoms with Crippen LogP contribution in [-0.4, -0.2) is 39.7 Å². The second kappa shape index (κ2) is 6.23. The number of aliphatic hydroxyl groups is 1. The molecule has 2 rings (SSSR count). The van der Waals surface area contributed by atoms with Gasteiger partial charge in [0, 0.05) is 0 Å². The van der Waals surface area contributed by atoms with Crippen LogP contribution in [0.3, 0.4) is 0 Å². The van der Waals surface area contributed by atoms with E-state index in [1.54, 1.807) is 6.08 Å². The number of imide groups is 1. The lowest BCUT2D eigenvalue weighted by molar-refractivity contribution is -0.123. The highest BCUT2D eigenvalue weighted by Gasteiger charge is 2.35. The van der Waals surface area contributed by atoms with E-state index in [4.69, 9.17) is 11.6 Å². The Labute approximate surface area is 120 Å². The maximum absolute atomic E-state index is 12.0. The van der Waals surface area contributed by atoms with Crippen LogP contribution in [0.25, 0.3) is 6.08 Å². The monoisotopic (exact) mass is 297 g/mol. The topological polar surface area (TPSA) is 57.6 Å². The number of rotatable bonds is 4. The first-order chi connectivity index (χ1) is 9.11. The van der Waals surface area contributed by atoms with Crippen LogP contribution < -0.4 is 0 Å². The zero-order chi connectivity index (χ0) is 13.8. The molecule has 2 amide bonds. The summed E-state index contributed by atoms with van der Waals surface area (Å²) in [5, 5.41) is 9.04. The Balaban J connectivity index is 2.16. The molecule has 1 aliphatic heterocycles. The number of benzene rings is 1. The maximum Gasteiger partial charge on any atom is 0.293 e. The van der Waals surface area contributed by atoms with Gasteiger partial charge in [0.05, 0.1) is 23.4 Å². The molecule has 6 heteroatoms. The van der Waals surface area contributed by atoms with Gasteiger partial charge in [0.25, 0.3) is 11.1 Å². The second-order valence-electron chi connectivity index (χ2n) is 4.01. The third kappa shape index (κ3) is 3.37. The zero-order valence-electron chi connectivity index (χ0n) is 9.95. The number of carbonyl (C=O) groups is 2. The first kappa shape index (κ1) is 14.1. The summed E-state index contributed by atoms with van der Waals surface area (Å²) < 4.78 is 0. The lowest BCUT2D eigenvalue weighted by Crippen LogP contribution is -2.36. The van der Waals surface area contributed by atoms with E-state index in [1.807, 2.05) is 30.3 Å². The number of amides is 2. The molecule has 1 aliphatic rings. The number of nitrogens with zero attached hydrogens (tertiary/aromatic N) is 1. The van der Waals surface area contributed by atoms with Gasteiger partial charge < -0.3 is 5.11 Å². The van der Waals surface area contributed by atoms with Gasteiger partial charge in [-0.3, -0.25) is 14.5 Å². The number of alkyl halides is 1. The van der Waals surface area contributed by atoms with Crippen molar-refractivity contribution < 1.29 is 14.7 Å². The largest absolute Gasteiger partial charge is 0.390 e. The Bertz CT molecular complexity index is 518. The second-order valence-corrected chi connectivity index (χ2v) is 5.31. The third-order valence-electron chi connectivity index (χ3n) is 2.54. The summed E-state index contributed by atoms with van der Waals surface area (Å²) in [5.74, 6) is -0.401. The molecule has 1 aromatic rings. The highest BCUT2D eigenvalue weighted by molar-refractivity contribution is 8.18. The van der Waals surface area contributed by atoms with Crippen LogP contribution in [0.1, 0.15) is 5.56 Å². The van der Waals surface area contributed by atoms with Crippen molar-refractivity contribution in [1.82, 2.24) is 4.90 Å². The van der Waals surface area contributed by atoms with Gasteiger partial charge >= 0.3 is 0 Å². The molecule has 0 bridgehead atoms. The molecule has 1 N–H and O–H groups in total. The normalized spacial score (nSPS) is 19.3. The number of hydrogen-bond acceptors (Lipinski definition) is 4. The summed E-state index contributed by atoms with van der Waals surface area (Å²) in [5.41, 5.74) is 0.853. The molecule has 19 heavy (non-hydrogen) atoms. The molecular weight excluding hydrogens is 286 g/mol. The van der Waals surface area contributed by atoms with Crippen molar-refractivity contribution in [2.45, 2.75) is 6.10 Å². The molecule has 1 heterocycles. The van der Waals surface area contributed by atoms with Crippen LogP contribution in [0.15, 0.2) is 35.2 Å². The predicted octanol–water partition coefficient (Wildman–Crippen LogP) is 2.32. The van der Waals surface area contributed by atoms with Crippen molar-refractivity contribution in [1.29, 1.82) is 0 Å². The lowest BCUT2D eigenvalue weighted by atomic mass is 10.2. The molecule has 1 fully saturated rings. The first-order valence-electron chi connectivity index (χ1n) is 5.66. The van der Waals surface area contributed by atoms with Crippen molar-refractivity contribution in [3.05, 3.63) is 40.8 Å². The summed E-state index contributed by atoms with van der Waals surface area (Å²) in [6.07, 6.45) is 0.768. The van der Waals surface area contributed by atoms with E-state index in [0.29, 0.717) is 4.91 Å². The van der Waals surface area contributed by atoms with Crippen LogP contribution in [0.5, 0.6) is 0 Å². The molecule has 1 aromatic carbocycles. The highest BCUT2D eigenvalue weighted by atomic mass is 35.5. The van der Waals surface area contributed by atoms with E-state index >= 15 is 0 Å². The smallest absolute Gasteiger partial charge is 0.293 e. The van der Waals surface area contributed by atoms with Crippen LogP contribution in [0.2, 0.25) is 0 Å². The van der Waals surface area contributed by atoms with Crippen molar-refractivity contribution in [3.8, 4) is 0 Å². The Morgan fingerprint density at radius 3 is 2.63 bits per heavy atom. The molecule has 0 radical (unpaired) electrons. The summed E-state index contributed by atoms with van der Waals surface area (Å²) in [4.78, 5) is 25.1. The number of aliphatic hydroxyl groups excluding tert-OH is 1. The Hall–Kier alpha value is -1.30. The van der Waals surface area contributed by atoms with Gasteiger partial charge in [-0.2, -0.15) is 0 Å². The summed E-state index contributed by atoms with van der Waals surface area (Å²) >= 11 is 6.34. The van der Waals surface area contributed by atoms with Crippen LogP contribution >= 0.6 is 23.4 Å².